The molecule has 2 aliphatic heterocycles. The topological polar surface area (TPSA) is 172 Å². The van der Waals surface area contributed by atoms with Crippen molar-refractivity contribution in [2.24, 2.45) is 0 Å². The average molecular weight is 664 g/mol. The van der Waals surface area contributed by atoms with E-state index in [1.165, 1.54) is 0 Å². The SMILES string of the molecule is COc1cc2c(cc1-c1c(C)noc1C)[nH]c1nc(C(=O)NCCCCCc3cccc4c3CN(C3CCC(=O)NC3=O)C4=O)nc(C)c12. The molecule has 0 spiro atoms. The molecule has 2 aliphatic rings. The maximum atomic E-state index is 13.1. The quantitative estimate of drug-likeness (QED) is 0.143. The Bertz CT molecular complexity index is 2150. The number of unbranched alkanes of at least 4 members (excludes halogenated alkanes) is 2. The molecule has 3 N–H and O–H groups in total. The van der Waals surface area contributed by atoms with Crippen LogP contribution in [-0.2, 0) is 22.6 Å². The van der Waals surface area contributed by atoms with Crippen molar-refractivity contribution in [1.29, 1.82) is 0 Å². The number of amides is 4. The van der Waals surface area contributed by atoms with E-state index in [0.29, 0.717) is 47.9 Å². The number of carbonyl (C=O) groups is 4. The Balaban J connectivity index is 0.967. The largest absolute Gasteiger partial charge is 0.496 e. The monoisotopic (exact) mass is 663 g/mol. The Morgan fingerprint density at radius 2 is 1.90 bits per heavy atom. The third-order valence-electron chi connectivity index (χ3n) is 9.55. The lowest BCUT2D eigenvalue weighted by Gasteiger charge is -2.29. The molecule has 5 aromatic rings. The molecule has 13 heteroatoms. The Morgan fingerprint density at radius 3 is 2.65 bits per heavy atom. The van der Waals surface area contributed by atoms with Crippen LogP contribution in [0.5, 0.6) is 5.75 Å². The van der Waals surface area contributed by atoms with Gasteiger partial charge in [-0.25, -0.2) is 9.97 Å². The Morgan fingerprint density at radius 1 is 1.06 bits per heavy atom. The van der Waals surface area contributed by atoms with E-state index in [-0.39, 0.29) is 30.0 Å². The highest BCUT2D eigenvalue weighted by Crippen LogP contribution is 2.40. The lowest BCUT2D eigenvalue weighted by atomic mass is 9.98. The summed E-state index contributed by atoms with van der Waals surface area (Å²) in [6.07, 6.45) is 3.84. The highest BCUT2D eigenvalue weighted by Gasteiger charge is 2.39. The molecule has 7 rings (SSSR count). The molecular weight excluding hydrogens is 626 g/mol. The van der Waals surface area contributed by atoms with E-state index in [9.17, 15) is 19.2 Å². The number of rotatable bonds is 10. The molecule has 1 unspecified atom stereocenters. The highest BCUT2D eigenvalue weighted by molar-refractivity contribution is 6.10. The van der Waals surface area contributed by atoms with Gasteiger partial charge in [0.1, 0.15) is 23.2 Å². The lowest BCUT2D eigenvalue weighted by molar-refractivity contribution is -0.136. The molecule has 1 atom stereocenters. The number of aryl methyl sites for hydroxylation is 4. The Labute approximate surface area is 281 Å². The standard InChI is InChI=1S/C36H37N7O6/c1-18-31-23-16-28(48-4)24(30-19(2)42-49-20(30)3)15-26(23)39-32(31)41-33(38-18)35(46)37-14-7-5-6-9-21-10-8-11-22-25(21)17-43(36(22)47)27-12-13-29(44)40-34(27)45/h8,10-11,15-16,27H,5-7,9,12-14,17H2,1-4H3,(H,37,46)(H,38,39,41)(H,40,44,45). The molecule has 1 fully saturated rings. The number of ether oxygens (including phenoxy) is 1. The van der Waals surface area contributed by atoms with Crippen LogP contribution in [0.25, 0.3) is 33.1 Å². The van der Waals surface area contributed by atoms with E-state index < -0.39 is 11.9 Å². The van der Waals surface area contributed by atoms with Crippen molar-refractivity contribution in [3.8, 4) is 16.9 Å². The van der Waals surface area contributed by atoms with Crippen molar-refractivity contribution in [2.45, 2.75) is 71.9 Å². The molecular formula is C36H37N7O6. The summed E-state index contributed by atoms with van der Waals surface area (Å²) in [5, 5.41) is 11.1. The van der Waals surface area contributed by atoms with Gasteiger partial charge in [0, 0.05) is 46.9 Å². The zero-order valence-electron chi connectivity index (χ0n) is 27.9. The fraction of sp³-hybridized carbons (Fsp3) is 0.361. The number of nitrogens with one attached hydrogen (secondary N) is 3. The Hall–Kier alpha value is -5.59. The van der Waals surface area contributed by atoms with Crippen LogP contribution in [0, 0.1) is 20.8 Å². The third kappa shape index (κ3) is 5.79. The third-order valence-corrected chi connectivity index (χ3v) is 9.55. The van der Waals surface area contributed by atoms with Gasteiger partial charge in [0.05, 0.1) is 24.1 Å². The second kappa shape index (κ2) is 12.8. The normalized spacial score (nSPS) is 16.0. The van der Waals surface area contributed by atoms with E-state index in [4.69, 9.17) is 9.26 Å². The summed E-state index contributed by atoms with van der Waals surface area (Å²) in [7, 11) is 1.62. The van der Waals surface area contributed by atoms with Crippen molar-refractivity contribution in [1.82, 2.24) is 35.6 Å². The first-order valence-electron chi connectivity index (χ1n) is 16.5. The minimum Gasteiger partial charge on any atom is -0.496 e. The second-order valence-electron chi connectivity index (χ2n) is 12.7. The first kappa shape index (κ1) is 32.0. The molecule has 0 aliphatic carbocycles. The predicted octanol–water partition coefficient (Wildman–Crippen LogP) is 4.60. The number of hydrogen-bond acceptors (Lipinski definition) is 9. The van der Waals surface area contributed by atoms with E-state index in [1.807, 2.05) is 45.0 Å². The fourth-order valence-electron chi connectivity index (χ4n) is 7.12. The minimum atomic E-state index is -0.631. The summed E-state index contributed by atoms with van der Waals surface area (Å²) >= 11 is 0. The van der Waals surface area contributed by atoms with Gasteiger partial charge < -0.3 is 24.5 Å². The molecule has 5 heterocycles. The number of nitrogens with zero attached hydrogens (tertiary/aromatic N) is 4. The summed E-state index contributed by atoms with van der Waals surface area (Å²) in [6, 6.07) is 9.00. The number of H-pyrrole nitrogens is 1. The number of piperidine rings is 1. The van der Waals surface area contributed by atoms with E-state index >= 15 is 0 Å². The number of fused-ring (bicyclic) bond motifs is 4. The van der Waals surface area contributed by atoms with Gasteiger partial charge in [0.2, 0.25) is 17.6 Å². The average Bonchev–Trinajstić information content (AvgIpc) is 3.73. The minimum absolute atomic E-state index is 0.0968. The molecule has 2 aromatic carbocycles. The number of methoxy groups -OCH3 is 1. The number of benzene rings is 2. The van der Waals surface area contributed by atoms with Crippen LogP contribution in [0.4, 0.5) is 0 Å². The van der Waals surface area contributed by atoms with Crippen LogP contribution in [0.1, 0.15) is 81.4 Å². The van der Waals surface area contributed by atoms with Gasteiger partial charge in [0.25, 0.3) is 11.8 Å². The van der Waals surface area contributed by atoms with Crippen molar-refractivity contribution in [3.05, 3.63) is 70.0 Å². The van der Waals surface area contributed by atoms with Gasteiger partial charge in [0.15, 0.2) is 0 Å². The van der Waals surface area contributed by atoms with Gasteiger partial charge in [-0.1, -0.05) is 23.7 Å². The van der Waals surface area contributed by atoms with E-state index in [1.54, 1.807) is 18.1 Å². The zero-order chi connectivity index (χ0) is 34.4. The highest BCUT2D eigenvalue weighted by atomic mass is 16.5. The predicted molar refractivity (Wildman–Crippen MR) is 180 cm³/mol. The molecule has 4 amide bonds. The second-order valence-corrected chi connectivity index (χ2v) is 12.7. The summed E-state index contributed by atoms with van der Waals surface area (Å²) in [5.41, 5.74) is 7.21. The molecule has 1 saturated heterocycles. The fourth-order valence-corrected chi connectivity index (χ4v) is 7.12. The summed E-state index contributed by atoms with van der Waals surface area (Å²) in [5.74, 6) is 0.240. The van der Waals surface area contributed by atoms with Gasteiger partial charge in [-0.2, -0.15) is 0 Å². The summed E-state index contributed by atoms with van der Waals surface area (Å²) < 4.78 is 11.1. The first-order chi connectivity index (χ1) is 23.6. The van der Waals surface area contributed by atoms with Crippen molar-refractivity contribution < 1.29 is 28.4 Å². The molecule has 0 bridgehead atoms. The smallest absolute Gasteiger partial charge is 0.289 e. The molecule has 252 valence electrons. The van der Waals surface area contributed by atoms with Crippen LogP contribution in [-0.4, -0.2) is 68.3 Å². The van der Waals surface area contributed by atoms with Gasteiger partial charge in [-0.05, 0) is 75.8 Å². The molecule has 49 heavy (non-hydrogen) atoms. The van der Waals surface area contributed by atoms with E-state index in [0.717, 1.165) is 69.9 Å². The van der Waals surface area contributed by atoms with Crippen LogP contribution in [0.15, 0.2) is 34.9 Å². The van der Waals surface area contributed by atoms with Gasteiger partial charge >= 0.3 is 0 Å². The van der Waals surface area contributed by atoms with Crippen LogP contribution < -0.4 is 15.4 Å². The first-order valence-corrected chi connectivity index (χ1v) is 16.5. The number of aromatic nitrogens is 4. The lowest BCUT2D eigenvalue weighted by Crippen LogP contribution is -2.52. The molecule has 3 aromatic heterocycles. The van der Waals surface area contributed by atoms with Gasteiger partial charge in [-0.3, -0.25) is 24.5 Å². The van der Waals surface area contributed by atoms with Gasteiger partial charge in [-0.15, -0.1) is 0 Å². The van der Waals surface area contributed by atoms with Crippen molar-refractivity contribution in [3.63, 3.8) is 0 Å². The Kier molecular flexibility index (Phi) is 8.35. The summed E-state index contributed by atoms with van der Waals surface area (Å²) in [6.45, 7) is 6.45. The molecule has 0 saturated carbocycles. The molecule has 13 nitrogen and oxygen atoms in total. The van der Waals surface area contributed by atoms with Crippen LogP contribution in [0.3, 0.4) is 0 Å². The van der Waals surface area contributed by atoms with E-state index in [2.05, 4.69) is 30.7 Å². The number of aromatic amines is 1. The maximum absolute atomic E-state index is 13.1. The maximum Gasteiger partial charge on any atom is 0.289 e. The number of imide groups is 1. The summed E-state index contributed by atoms with van der Waals surface area (Å²) in [4.78, 5) is 64.2. The zero-order valence-corrected chi connectivity index (χ0v) is 27.9. The van der Waals surface area contributed by atoms with Crippen LogP contribution in [0.2, 0.25) is 0 Å². The van der Waals surface area contributed by atoms with Crippen molar-refractivity contribution in [2.75, 3.05) is 13.7 Å². The molecule has 0 radical (unpaired) electrons. The number of carbonyl (C=O) groups excluding carboxylic acids is 4. The van der Waals surface area contributed by atoms with Crippen molar-refractivity contribution >= 4 is 45.6 Å². The van der Waals surface area contributed by atoms with Crippen LogP contribution >= 0.6 is 0 Å². The number of hydrogen-bond donors (Lipinski definition) is 3.